The van der Waals surface area contributed by atoms with E-state index in [4.69, 9.17) is 0 Å². The number of hydrogen-bond donors (Lipinski definition) is 1. The van der Waals surface area contributed by atoms with Gasteiger partial charge >= 0.3 is 0 Å². The maximum Gasteiger partial charge on any atom is 0.00208 e. The fourth-order valence-corrected chi connectivity index (χ4v) is 2.37. The first kappa shape index (κ1) is 11.5. The molecule has 1 aromatic carbocycles. The zero-order chi connectivity index (χ0) is 9.26. The first-order valence-corrected chi connectivity index (χ1v) is 5.06. The van der Waals surface area contributed by atoms with Crippen LogP contribution in [-0.2, 0) is 0 Å². The molecule has 1 nitrogen and oxygen atoms in total. The fraction of sp³-hybridized carbons (Fsp3) is 0.500. The minimum Gasteiger partial charge on any atom is -0.316 e. The third-order valence-corrected chi connectivity index (χ3v) is 3.01. The average molecular weight is 212 g/mol. The molecule has 2 heteroatoms. The number of nitrogens with one attached hydrogen (secondary N) is 1. The number of hydrogen-bond acceptors (Lipinski definition) is 1. The van der Waals surface area contributed by atoms with E-state index < -0.39 is 0 Å². The number of halogens is 1. The van der Waals surface area contributed by atoms with Crippen LogP contribution >= 0.6 is 12.4 Å². The Morgan fingerprint density at radius 2 is 1.86 bits per heavy atom. The maximum absolute atomic E-state index is 3.43. The van der Waals surface area contributed by atoms with Crippen molar-refractivity contribution in [3.05, 3.63) is 34.9 Å². The second-order valence-electron chi connectivity index (χ2n) is 4.00. The Kier molecular flexibility index (Phi) is 3.97. The Morgan fingerprint density at radius 3 is 2.36 bits per heavy atom. The van der Waals surface area contributed by atoms with Crippen LogP contribution in [0.3, 0.4) is 0 Å². The summed E-state index contributed by atoms with van der Waals surface area (Å²) >= 11 is 0. The summed E-state index contributed by atoms with van der Waals surface area (Å²) in [6.07, 6.45) is 1.30. The summed E-state index contributed by atoms with van der Waals surface area (Å²) in [7, 11) is 0. The van der Waals surface area contributed by atoms with Crippen molar-refractivity contribution in [2.45, 2.75) is 26.2 Å². The van der Waals surface area contributed by atoms with Gasteiger partial charge in [-0.2, -0.15) is 0 Å². The molecule has 0 saturated carbocycles. The van der Waals surface area contributed by atoms with Gasteiger partial charge in [0, 0.05) is 6.54 Å². The standard InChI is InChI=1S/C12H17N.ClH/c1-9-4-3-5-10(2)12(9)11-6-7-13-8-11;/h3-5,11,13H,6-8H2,1-2H3;1H. The van der Waals surface area contributed by atoms with Gasteiger partial charge in [-0.25, -0.2) is 0 Å². The molecule has 2 rings (SSSR count). The van der Waals surface area contributed by atoms with Crippen LogP contribution in [0.25, 0.3) is 0 Å². The van der Waals surface area contributed by atoms with Crippen molar-refractivity contribution < 1.29 is 0 Å². The van der Waals surface area contributed by atoms with E-state index in [9.17, 15) is 0 Å². The molecule has 1 aliphatic heterocycles. The van der Waals surface area contributed by atoms with E-state index in [0.29, 0.717) is 0 Å². The molecule has 1 aromatic rings. The third-order valence-electron chi connectivity index (χ3n) is 3.01. The second kappa shape index (κ2) is 4.81. The van der Waals surface area contributed by atoms with E-state index in [0.717, 1.165) is 12.5 Å². The topological polar surface area (TPSA) is 12.0 Å². The van der Waals surface area contributed by atoms with E-state index in [1.54, 1.807) is 5.56 Å². The Morgan fingerprint density at radius 1 is 1.21 bits per heavy atom. The Hall–Kier alpha value is -0.530. The molecule has 0 aromatic heterocycles. The lowest BCUT2D eigenvalue weighted by Gasteiger charge is -2.15. The molecular formula is C12H18ClN. The summed E-state index contributed by atoms with van der Waals surface area (Å²) in [5.74, 6) is 0.751. The van der Waals surface area contributed by atoms with Crippen molar-refractivity contribution in [3.63, 3.8) is 0 Å². The lowest BCUT2D eigenvalue weighted by molar-refractivity contribution is 0.751. The summed E-state index contributed by atoms with van der Waals surface area (Å²) in [6.45, 7) is 6.78. The van der Waals surface area contributed by atoms with E-state index >= 15 is 0 Å². The highest BCUT2D eigenvalue weighted by molar-refractivity contribution is 5.85. The molecule has 14 heavy (non-hydrogen) atoms. The molecule has 1 N–H and O–H groups in total. The highest BCUT2D eigenvalue weighted by Crippen LogP contribution is 2.27. The van der Waals surface area contributed by atoms with Crippen LogP contribution in [0.15, 0.2) is 18.2 Å². The monoisotopic (exact) mass is 211 g/mol. The molecule has 0 spiro atoms. The van der Waals surface area contributed by atoms with Gasteiger partial charge in [0.15, 0.2) is 0 Å². The van der Waals surface area contributed by atoms with Gasteiger partial charge in [0.25, 0.3) is 0 Å². The van der Waals surface area contributed by atoms with Crippen LogP contribution in [0.4, 0.5) is 0 Å². The maximum atomic E-state index is 3.43. The van der Waals surface area contributed by atoms with Gasteiger partial charge in [-0.15, -0.1) is 12.4 Å². The molecule has 0 amide bonds. The number of aryl methyl sites for hydroxylation is 2. The first-order chi connectivity index (χ1) is 6.29. The molecular weight excluding hydrogens is 194 g/mol. The highest BCUT2D eigenvalue weighted by Gasteiger charge is 2.19. The summed E-state index contributed by atoms with van der Waals surface area (Å²) in [5.41, 5.74) is 4.48. The Labute approximate surface area is 92.3 Å². The number of rotatable bonds is 1. The Bertz CT molecular complexity index is 283. The van der Waals surface area contributed by atoms with Gasteiger partial charge < -0.3 is 5.32 Å². The van der Waals surface area contributed by atoms with Gasteiger partial charge in [-0.05, 0) is 49.4 Å². The van der Waals surface area contributed by atoms with Crippen molar-refractivity contribution >= 4 is 12.4 Å². The van der Waals surface area contributed by atoms with Crippen molar-refractivity contribution in [2.75, 3.05) is 13.1 Å². The van der Waals surface area contributed by atoms with Crippen LogP contribution in [0.5, 0.6) is 0 Å². The molecule has 1 heterocycles. The van der Waals surface area contributed by atoms with Crippen LogP contribution in [0.2, 0.25) is 0 Å². The van der Waals surface area contributed by atoms with Gasteiger partial charge in [-0.1, -0.05) is 18.2 Å². The third kappa shape index (κ3) is 2.10. The molecule has 0 aliphatic carbocycles. The predicted molar refractivity (Wildman–Crippen MR) is 63.4 cm³/mol. The molecule has 0 radical (unpaired) electrons. The smallest absolute Gasteiger partial charge is 0.00208 e. The number of benzene rings is 1. The van der Waals surface area contributed by atoms with E-state index in [2.05, 4.69) is 37.4 Å². The van der Waals surface area contributed by atoms with E-state index in [1.165, 1.54) is 24.1 Å². The summed E-state index contributed by atoms with van der Waals surface area (Å²) < 4.78 is 0. The van der Waals surface area contributed by atoms with E-state index in [1.807, 2.05) is 0 Å². The van der Waals surface area contributed by atoms with Crippen molar-refractivity contribution in [1.29, 1.82) is 0 Å². The van der Waals surface area contributed by atoms with Crippen molar-refractivity contribution in [1.82, 2.24) is 5.32 Å². The summed E-state index contributed by atoms with van der Waals surface area (Å²) in [5, 5.41) is 3.43. The molecule has 1 atom stereocenters. The lowest BCUT2D eigenvalue weighted by atomic mass is 9.90. The van der Waals surface area contributed by atoms with E-state index in [-0.39, 0.29) is 12.4 Å². The average Bonchev–Trinajstić information content (AvgIpc) is 2.57. The molecule has 1 saturated heterocycles. The predicted octanol–water partition coefficient (Wildman–Crippen LogP) is 2.80. The molecule has 1 fully saturated rings. The van der Waals surface area contributed by atoms with Gasteiger partial charge in [0.2, 0.25) is 0 Å². The largest absolute Gasteiger partial charge is 0.316 e. The van der Waals surface area contributed by atoms with Gasteiger partial charge in [0.1, 0.15) is 0 Å². The van der Waals surface area contributed by atoms with Gasteiger partial charge in [-0.3, -0.25) is 0 Å². The Balaban J connectivity index is 0.000000980. The molecule has 0 bridgehead atoms. The van der Waals surface area contributed by atoms with Crippen LogP contribution in [-0.4, -0.2) is 13.1 Å². The molecule has 78 valence electrons. The zero-order valence-corrected chi connectivity index (χ0v) is 9.66. The quantitative estimate of drug-likeness (QED) is 0.754. The minimum atomic E-state index is 0. The fourth-order valence-electron chi connectivity index (χ4n) is 2.37. The van der Waals surface area contributed by atoms with Crippen molar-refractivity contribution in [3.8, 4) is 0 Å². The normalized spacial score (nSPS) is 20.6. The first-order valence-electron chi connectivity index (χ1n) is 5.06. The van der Waals surface area contributed by atoms with Crippen LogP contribution in [0.1, 0.15) is 29.0 Å². The second-order valence-corrected chi connectivity index (χ2v) is 4.00. The summed E-state index contributed by atoms with van der Waals surface area (Å²) in [6, 6.07) is 6.60. The SMILES string of the molecule is Cc1cccc(C)c1C1CCNC1.Cl. The minimum absolute atomic E-state index is 0. The lowest BCUT2D eigenvalue weighted by Crippen LogP contribution is -2.09. The van der Waals surface area contributed by atoms with Crippen LogP contribution in [0, 0.1) is 13.8 Å². The molecule has 1 aliphatic rings. The van der Waals surface area contributed by atoms with Gasteiger partial charge in [0.05, 0.1) is 0 Å². The zero-order valence-electron chi connectivity index (χ0n) is 8.84. The van der Waals surface area contributed by atoms with Crippen molar-refractivity contribution in [2.24, 2.45) is 0 Å². The van der Waals surface area contributed by atoms with Crippen LogP contribution < -0.4 is 5.32 Å². The summed E-state index contributed by atoms with van der Waals surface area (Å²) in [4.78, 5) is 0. The molecule has 1 unspecified atom stereocenters. The highest BCUT2D eigenvalue weighted by atomic mass is 35.5.